The second-order valence-electron chi connectivity index (χ2n) is 9.96. The Morgan fingerprint density at radius 3 is 2.89 bits per heavy atom. The molecule has 0 aliphatic heterocycles. The summed E-state index contributed by atoms with van der Waals surface area (Å²) in [6.45, 7) is 2.08. The number of hydrogen-bond donors (Lipinski definition) is 2. The van der Waals surface area contributed by atoms with Crippen LogP contribution >= 0.6 is 0 Å². The number of aryl methyl sites for hydroxylation is 2. The molecular formula is C26H28N8O2. The van der Waals surface area contributed by atoms with E-state index >= 15 is 0 Å². The Balaban J connectivity index is 1.22. The molecule has 0 bridgehead atoms. The molecule has 1 saturated carbocycles. The van der Waals surface area contributed by atoms with Crippen molar-refractivity contribution in [1.82, 2.24) is 35.2 Å². The van der Waals surface area contributed by atoms with Crippen molar-refractivity contribution < 1.29 is 9.32 Å². The monoisotopic (exact) mass is 484 g/mol. The first-order valence-electron chi connectivity index (χ1n) is 12.3. The molecule has 36 heavy (non-hydrogen) atoms. The van der Waals surface area contributed by atoms with Crippen molar-refractivity contribution in [3.05, 3.63) is 65.7 Å². The predicted octanol–water partition coefficient (Wildman–Crippen LogP) is 4.25. The average Bonchev–Trinajstić information content (AvgIpc) is 3.28. The molecule has 3 aromatic heterocycles. The Bertz CT molecular complexity index is 1420. The van der Waals surface area contributed by atoms with E-state index in [2.05, 4.69) is 56.0 Å². The highest BCUT2D eigenvalue weighted by Crippen LogP contribution is 2.46. The molecule has 2 aliphatic rings. The largest absolute Gasteiger partial charge is 0.342 e. The zero-order valence-electron chi connectivity index (χ0n) is 20.4. The third kappa shape index (κ3) is 4.46. The molecular weight excluding hydrogens is 456 g/mol. The van der Waals surface area contributed by atoms with Crippen molar-refractivity contribution in [2.75, 3.05) is 5.32 Å². The Labute approximate surface area is 208 Å². The quantitative estimate of drug-likeness (QED) is 0.389. The van der Waals surface area contributed by atoms with Crippen LogP contribution < -0.4 is 10.6 Å². The van der Waals surface area contributed by atoms with Gasteiger partial charge < -0.3 is 15.2 Å². The number of anilines is 2. The molecule has 10 heteroatoms. The average molecular weight is 485 g/mol. The smallest absolute Gasteiger partial charge is 0.293 e. The van der Waals surface area contributed by atoms with Crippen molar-refractivity contribution in [2.24, 2.45) is 7.05 Å². The van der Waals surface area contributed by atoms with Crippen LogP contribution in [0.1, 0.15) is 72.7 Å². The fourth-order valence-electron chi connectivity index (χ4n) is 4.67. The summed E-state index contributed by atoms with van der Waals surface area (Å²) in [4.78, 5) is 26.4. The number of aromatic nitrogens is 6. The summed E-state index contributed by atoms with van der Waals surface area (Å²) in [5.74, 6) is 0.884. The lowest BCUT2D eigenvalue weighted by atomic mass is 9.95. The van der Waals surface area contributed by atoms with E-state index in [-0.39, 0.29) is 23.2 Å². The molecule has 3 heterocycles. The summed E-state index contributed by atoms with van der Waals surface area (Å²) >= 11 is 0. The summed E-state index contributed by atoms with van der Waals surface area (Å²) in [7, 11) is 1.86. The Morgan fingerprint density at radius 2 is 2.08 bits per heavy atom. The predicted molar refractivity (Wildman–Crippen MR) is 133 cm³/mol. The maximum atomic E-state index is 12.9. The lowest BCUT2D eigenvalue weighted by Crippen LogP contribution is -2.29. The normalized spacial score (nSPS) is 18.2. The minimum absolute atomic E-state index is 0.0643. The molecule has 0 unspecified atom stereocenters. The topological polar surface area (TPSA) is 124 Å². The maximum Gasteiger partial charge on any atom is 0.293 e. The highest BCUT2D eigenvalue weighted by molar-refractivity contribution is 5.90. The zero-order chi connectivity index (χ0) is 24.7. The molecule has 184 valence electrons. The molecule has 10 nitrogen and oxygen atoms in total. The Hall–Kier alpha value is -4.08. The van der Waals surface area contributed by atoms with Gasteiger partial charge in [0.1, 0.15) is 0 Å². The van der Waals surface area contributed by atoms with Crippen LogP contribution in [0, 0.1) is 0 Å². The molecule has 6 rings (SSSR count). The number of rotatable bonds is 6. The van der Waals surface area contributed by atoms with Gasteiger partial charge >= 0.3 is 0 Å². The number of carbonyl (C=O) groups is 1. The van der Waals surface area contributed by atoms with Gasteiger partial charge in [-0.3, -0.25) is 9.48 Å². The van der Waals surface area contributed by atoms with Gasteiger partial charge in [0, 0.05) is 30.4 Å². The van der Waals surface area contributed by atoms with Gasteiger partial charge in [-0.1, -0.05) is 30.6 Å². The highest BCUT2D eigenvalue weighted by atomic mass is 16.5. The van der Waals surface area contributed by atoms with E-state index in [1.54, 1.807) is 17.1 Å². The van der Waals surface area contributed by atoms with Crippen LogP contribution in [0.25, 0.3) is 11.3 Å². The molecule has 1 amide bonds. The summed E-state index contributed by atoms with van der Waals surface area (Å²) in [6, 6.07) is 8.14. The first-order valence-corrected chi connectivity index (χ1v) is 12.3. The molecule has 0 saturated heterocycles. The fraction of sp³-hybridized carbons (Fsp3) is 0.385. The van der Waals surface area contributed by atoms with Gasteiger partial charge in [0.25, 0.3) is 11.7 Å². The van der Waals surface area contributed by atoms with Crippen LogP contribution in [0.2, 0.25) is 0 Å². The number of benzene rings is 1. The molecule has 4 aromatic rings. The van der Waals surface area contributed by atoms with Crippen molar-refractivity contribution in [2.45, 2.75) is 56.9 Å². The van der Waals surface area contributed by atoms with E-state index in [1.165, 1.54) is 5.56 Å². The summed E-state index contributed by atoms with van der Waals surface area (Å²) in [6.07, 6.45) is 11.3. The summed E-state index contributed by atoms with van der Waals surface area (Å²) in [5, 5.41) is 14.4. The molecule has 2 N–H and O–H groups in total. The van der Waals surface area contributed by atoms with Crippen molar-refractivity contribution in [1.29, 1.82) is 0 Å². The maximum absolute atomic E-state index is 12.9. The van der Waals surface area contributed by atoms with Crippen LogP contribution in [0.15, 0.2) is 47.4 Å². The van der Waals surface area contributed by atoms with E-state index in [1.807, 2.05) is 19.3 Å². The third-order valence-electron chi connectivity index (χ3n) is 7.07. The van der Waals surface area contributed by atoms with E-state index in [9.17, 15) is 4.79 Å². The lowest BCUT2D eigenvalue weighted by molar-refractivity contribution is 0.0921. The minimum Gasteiger partial charge on any atom is -0.342 e. The van der Waals surface area contributed by atoms with Gasteiger partial charge in [-0.2, -0.15) is 10.1 Å². The molecule has 1 fully saturated rings. The molecule has 1 aromatic carbocycles. The van der Waals surface area contributed by atoms with Crippen molar-refractivity contribution in [3.63, 3.8) is 0 Å². The van der Waals surface area contributed by atoms with Crippen LogP contribution in [0.3, 0.4) is 0 Å². The number of amides is 1. The molecule has 0 spiro atoms. The van der Waals surface area contributed by atoms with Crippen molar-refractivity contribution in [3.8, 4) is 11.3 Å². The fourth-order valence-corrected chi connectivity index (χ4v) is 4.67. The highest BCUT2D eigenvalue weighted by Gasteiger charge is 2.45. The van der Waals surface area contributed by atoms with Crippen LogP contribution in [-0.2, 0) is 18.9 Å². The first-order chi connectivity index (χ1) is 17.5. The van der Waals surface area contributed by atoms with E-state index in [0.717, 1.165) is 61.0 Å². The zero-order valence-corrected chi connectivity index (χ0v) is 20.4. The number of hydrogen-bond acceptors (Lipinski definition) is 8. The van der Waals surface area contributed by atoms with Crippen LogP contribution in [-0.4, -0.2) is 35.8 Å². The number of nitrogens with one attached hydrogen (secondary N) is 2. The second kappa shape index (κ2) is 8.85. The SMILES string of the molecule is Cn1cc(Nc2nccc(-c3ccc4c(c3)CCCC[C@@H]4NC(=O)c3noc(C4(C)CC4)n3)n2)cn1. The molecule has 2 aliphatic carbocycles. The standard InChI is InChI=1S/C26H28N8O2/c1-26(10-11-26)24-32-22(33-36-24)23(35)30-21-6-4-3-5-16-13-17(7-8-19(16)21)20-9-12-27-25(31-20)29-18-14-28-34(2)15-18/h7-9,12-15,21H,3-6,10-11H2,1-2H3,(H,30,35)(H,27,29,31)/t21-/m0/s1. The van der Waals surface area contributed by atoms with Crippen molar-refractivity contribution >= 4 is 17.5 Å². The molecule has 1 atom stereocenters. The number of carbonyl (C=O) groups excluding carboxylic acids is 1. The van der Waals surface area contributed by atoms with E-state index in [4.69, 9.17) is 9.51 Å². The third-order valence-corrected chi connectivity index (χ3v) is 7.07. The second-order valence-corrected chi connectivity index (χ2v) is 9.96. The molecule has 0 radical (unpaired) electrons. The van der Waals surface area contributed by atoms with E-state index in [0.29, 0.717) is 11.8 Å². The van der Waals surface area contributed by atoms with Gasteiger partial charge in [0.2, 0.25) is 11.8 Å². The summed E-state index contributed by atoms with van der Waals surface area (Å²) < 4.78 is 7.09. The number of fused-ring (bicyclic) bond motifs is 1. The summed E-state index contributed by atoms with van der Waals surface area (Å²) in [5.41, 5.74) is 4.95. The van der Waals surface area contributed by atoms with Gasteiger partial charge in [0.05, 0.1) is 23.6 Å². The van der Waals surface area contributed by atoms with Gasteiger partial charge in [-0.25, -0.2) is 9.97 Å². The Morgan fingerprint density at radius 1 is 1.19 bits per heavy atom. The number of nitrogens with zero attached hydrogens (tertiary/aromatic N) is 6. The van der Waals surface area contributed by atoms with Gasteiger partial charge in [0.15, 0.2) is 0 Å². The first kappa shape index (κ1) is 22.4. The van der Waals surface area contributed by atoms with Crippen LogP contribution in [0.5, 0.6) is 0 Å². The van der Waals surface area contributed by atoms with Gasteiger partial charge in [-0.05, 0) is 55.4 Å². The minimum atomic E-state index is -0.293. The Kier molecular flexibility index (Phi) is 5.50. The van der Waals surface area contributed by atoms with Crippen LogP contribution in [0.4, 0.5) is 11.6 Å². The van der Waals surface area contributed by atoms with E-state index < -0.39 is 0 Å². The lowest BCUT2D eigenvalue weighted by Gasteiger charge is -2.19. The van der Waals surface area contributed by atoms with Gasteiger partial charge in [-0.15, -0.1) is 0 Å².